The lowest BCUT2D eigenvalue weighted by Crippen LogP contribution is -2.25. The zero-order valence-corrected chi connectivity index (χ0v) is 18.7. The van der Waals surface area contributed by atoms with E-state index < -0.39 is 23.0 Å². The third kappa shape index (κ3) is 3.75. The molecule has 5 rings (SSSR count). The second kappa shape index (κ2) is 8.32. The minimum absolute atomic E-state index is 0.0124. The summed E-state index contributed by atoms with van der Waals surface area (Å²) in [7, 11) is 3.36. The molecule has 2 atom stereocenters. The Morgan fingerprint density at radius 2 is 1.79 bits per heavy atom. The highest BCUT2D eigenvalue weighted by atomic mass is 19.2. The number of halogens is 3. The predicted molar refractivity (Wildman–Crippen MR) is 116 cm³/mol. The molecule has 0 aliphatic carbocycles. The summed E-state index contributed by atoms with van der Waals surface area (Å²) >= 11 is 0. The lowest BCUT2D eigenvalue weighted by atomic mass is 9.92. The fourth-order valence-corrected chi connectivity index (χ4v) is 4.21. The van der Waals surface area contributed by atoms with Crippen LogP contribution in [0.2, 0.25) is 0 Å². The average Bonchev–Trinajstić information content (AvgIpc) is 3.26. The molecule has 8 nitrogen and oxygen atoms in total. The van der Waals surface area contributed by atoms with Gasteiger partial charge in [-0.25, -0.2) is 28.1 Å². The first-order chi connectivity index (χ1) is 16.2. The Morgan fingerprint density at radius 3 is 2.53 bits per heavy atom. The molecule has 1 aliphatic rings. The Morgan fingerprint density at radius 1 is 1.03 bits per heavy atom. The zero-order chi connectivity index (χ0) is 24.1. The number of ether oxygens (including phenoxy) is 1. The molecule has 0 radical (unpaired) electrons. The highest BCUT2D eigenvalue weighted by Gasteiger charge is 2.30. The van der Waals surface area contributed by atoms with E-state index in [1.807, 2.05) is 13.2 Å². The molecule has 4 aromatic rings. The van der Waals surface area contributed by atoms with Gasteiger partial charge in [-0.05, 0) is 25.8 Å². The lowest BCUT2D eigenvalue weighted by Gasteiger charge is -2.28. The van der Waals surface area contributed by atoms with Gasteiger partial charge in [-0.15, -0.1) is 0 Å². The Balaban J connectivity index is 1.69. The predicted octanol–water partition coefficient (Wildman–Crippen LogP) is 3.49. The number of aromatic nitrogens is 6. The molecule has 11 heteroatoms. The van der Waals surface area contributed by atoms with Crippen LogP contribution in [0.25, 0.3) is 22.3 Å². The van der Waals surface area contributed by atoms with E-state index in [2.05, 4.69) is 20.1 Å². The number of fused-ring (bicyclic) bond motifs is 1. The average molecular weight is 470 g/mol. The van der Waals surface area contributed by atoms with Crippen molar-refractivity contribution in [2.24, 2.45) is 14.1 Å². The molecule has 1 saturated heterocycles. The maximum Gasteiger partial charge on any atom is 0.279 e. The summed E-state index contributed by atoms with van der Waals surface area (Å²) in [5.41, 5.74) is 0.135. The molecule has 1 aliphatic heterocycles. The van der Waals surface area contributed by atoms with Crippen LogP contribution >= 0.6 is 0 Å². The van der Waals surface area contributed by atoms with E-state index in [0.717, 1.165) is 11.6 Å². The summed E-state index contributed by atoms with van der Waals surface area (Å²) in [5.74, 6) is -3.13. The monoisotopic (exact) mass is 470 g/mol. The minimum Gasteiger partial charge on any atom is -0.373 e. The number of nitrogens with zero attached hydrogens (tertiary/aromatic N) is 6. The molecule has 1 fully saturated rings. The Kier molecular flexibility index (Phi) is 5.43. The summed E-state index contributed by atoms with van der Waals surface area (Å²) in [6.07, 6.45) is 4.41. The SMILES string of the molecule is Cc1nc2c(-c3cc(F)c(F)cc3F)nc([C@@H]3CCO[C@H](c4cnn(C)c4)C3)nc2c(=O)n1C. The van der Waals surface area contributed by atoms with Gasteiger partial charge in [0.1, 0.15) is 28.7 Å². The number of rotatable bonds is 3. The third-order valence-corrected chi connectivity index (χ3v) is 6.18. The van der Waals surface area contributed by atoms with E-state index in [4.69, 9.17) is 4.74 Å². The van der Waals surface area contributed by atoms with Crippen LogP contribution in [0.5, 0.6) is 0 Å². The zero-order valence-electron chi connectivity index (χ0n) is 18.7. The molecule has 1 aromatic carbocycles. The van der Waals surface area contributed by atoms with E-state index in [1.54, 1.807) is 24.9 Å². The fourth-order valence-electron chi connectivity index (χ4n) is 4.21. The molecule has 176 valence electrons. The van der Waals surface area contributed by atoms with E-state index in [1.165, 1.54) is 4.57 Å². The van der Waals surface area contributed by atoms with Crippen molar-refractivity contribution in [1.82, 2.24) is 29.3 Å². The molecule has 0 saturated carbocycles. The first-order valence-electron chi connectivity index (χ1n) is 10.7. The normalized spacial score (nSPS) is 18.5. The van der Waals surface area contributed by atoms with Crippen molar-refractivity contribution in [3.05, 3.63) is 69.5 Å². The molecule has 0 bridgehead atoms. The van der Waals surface area contributed by atoms with Gasteiger partial charge >= 0.3 is 0 Å². The molecule has 4 heterocycles. The van der Waals surface area contributed by atoms with Gasteiger partial charge in [0.15, 0.2) is 17.2 Å². The molecule has 0 unspecified atom stereocenters. The summed E-state index contributed by atoms with van der Waals surface area (Å²) in [5, 5.41) is 4.18. The number of hydrogen-bond donors (Lipinski definition) is 0. The maximum atomic E-state index is 14.8. The van der Waals surface area contributed by atoms with Gasteiger partial charge in [0.05, 0.1) is 12.3 Å². The molecular formula is C23H21F3N6O2. The summed E-state index contributed by atoms with van der Waals surface area (Å²) in [6.45, 7) is 2.03. The smallest absolute Gasteiger partial charge is 0.279 e. The third-order valence-electron chi connectivity index (χ3n) is 6.18. The van der Waals surface area contributed by atoms with Gasteiger partial charge in [-0.3, -0.25) is 14.0 Å². The van der Waals surface area contributed by atoms with Crippen molar-refractivity contribution < 1.29 is 17.9 Å². The van der Waals surface area contributed by atoms with E-state index in [0.29, 0.717) is 37.2 Å². The van der Waals surface area contributed by atoms with E-state index in [9.17, 15) is 18.0 Å². The summed E-state index contributed by atoms with van der Waals surface area (Å²) < 4.78 is 51.4. The van der Waals surface area contributed by atoms with Crippen molar-refractivity contribution in [2.45, 2.75) is 31.8 Å². The number of hydrogen-bond acceptors (Lipinski definition) is 6. The van der Waals surface area contributed by atoms with Crippen molar-refractivity contribution >= 4 is 11.0 Å². The Labute approximate surface area is 192 Å². The minimum atomic E-state index is -1.32. The fraction of sp³-hybridized carbons (Fsp3) is 0.348. The van der Waals surface area contributed by atoms with Crippen LogP contribution in [-0.4, -0.2) is 35.9 Å². The molecule has 0 N–H and O–H groups in total. The first-order valence-corrected chi connectivity index (χ1v) is 10.7. The Bertz CT molecular complexity index is 1480. The highest BCUT2D eigenvalue weighted by Crippen LogP contribution is 2.38. The van der Waals surface area contributed by atoms with E-state index in [-0.39, 0.29) is 34.3 Å². The van der Waals surface area contributed by atoms with Crippen molar-refractivity contribution in [2.75, 3.05) is 6.61 Å². The van der Waals surface area contributed by atoms with Gasteiger partial charge in [-0.2, -0.15) is 5.10 Å². The summed E-state index contributed by atoms with van der Waals surface area (Å²) in [6, 6.07) is 1.19. The molecule has 0 amide bonds. The standard InChI is InChI=1S/C23H21F3N6O2/c1-11-28-20-19(14-7-16(25)17(26)8-15(14)24)29-22(30-21(20)23(33)32(11)3)12-4-5-34-18(6-12)13-9-27-31(2)10-13/h7-10,12,18H,4-6H2,1-3H3/t12-,18+/m1/s1. The van der Waals surface area contributed by atoms with E-state index >= 15 is 0 Å². The van der Waals surface area contributed by atoms with Crippen LogP contribution in [-0.2, 0) is 18.8 Å². The van der Waals surface area contributed by atoms with Crippen LogP contribution in [0, 0.1) is 24.4 Å². The van der Waals surface area contributed by atoms with Gasteiger partial charge in [0, 0.05) is 50.0 Å². The number of aryl methyl sites for hydroxylation is 2. The van der Waals surface area contributed by atoms with Gasteiger partial charge in [-0.1, -0.05) is 0 Å². The topological polar surface area (TPSA) is 87.7 Å². The highest BCUT2D eigenvalue weighted by molar-refractivity contribution is 5.88. The molecule has 3 aromatic heterocycles. The lowest BCUT2D eigenvalue weighted by molar-refractivity contribution is 0.00398. The molecular weight excluding hydrogens is 449 g/mol. The second-order valence-electron chi connectivity index (χ2n) is 8.43. The first kappa shape index (κ1) is 22.2. The van der Waals surface area contributed by atoms with Gasteiger partial charge in [0.2, 0.25) is 0 Å². The summed E-state index contributed by atoms with van der Waals surface area (Å²) in [4.78, 5) is 26.5. The van der Waals surface area contributed by atoms with Gasteiger partial charge in [0.25, 0.3) is 5.56 Å². The van der Waals surface area contributed by atoms with Crippen LogP contribution in [0.1, 0.15) is 42.1 Å². The van der Waals surface area contributed by atoms with Gasteiger partial charge < -0.3 is 4.74 Å². The molecule has 34 heavy (non-hydrogen) atoms. The largest absolute Gasteiger partial charge is 0.373 e. The van der Waals surface area contributed by atoms with Crippen molar-refractivity contribution in [3.8, 4) is 11.3 Å². The van der Waals surface area contributed by atoms with Crippen LogP contribution in [0.4, 0.5) is 13.2 Å². The number of benzene rings is 1. The second-order valence-corrected chi connectivity index (χ2v) is 8.43. The van der Waals surface area contributed by atoms with Crippen LogP contribution in [0.3, 0.4) is 0 Å². The van der Waals surface area contributed by atoms with Crippen LogP contribution < -0.4 is 5.56 Å². The molecule has 0 spiro atoms. The van der Waals surface area contributed by atoms with Crippen molar-refractivity contribution in [1.29, 1.82) is 0 Å². The quantitative estimate of drug-likeness (QED) is 0.426. The Hall–Kier alpha value is -3.60. The van der Waals surface area contributed by atoms with Crippen molar-refractivity contribution in [3.63, 3.8) is 0 Å². The van der Waals surface area contributed by atoms with Crippen LogP contribution in [0.15, 0.2) is 29.3 Å². The maximum absolute atomic E-state index is 14.8.